The van der Waals surface area contributed by atoms with Crippen molar-refractivity contribution in [1.29, 1.82) is 0 Å². The van der Waals surface area contributed by atoms with Crippen LogP contribution in [0.2, 0.25) is 0 Å². The van der Waals surface area contributed by atoms with Crippen molar-refractivity contribution in [3.8, 4) is 0 Å². The van der Waals surface area contributed by atoms with Gasteiger partial charge in [-0.05, 0) is 30.9 Å². The van der Waals surface area contributed by atoms with E-state index in [-0.39, 0.29) is 5.69 Å². The van der Waals surface area contributed by atoms with E-state index in [9.17, 15) is 4.79 Å². The highest BCUT2D eigenvalue weighted by Gasteiger charge is 2.16. The number of hydrogen-bond donors (Lipinski definition) is 1. The number of carboxylic acid groups (broad SMARTS) is 1. The van der Waals surface area contributed by atoms with E-state index in [0.29, 0.717) is 5.92 Å². The molecule has 0 aromatic carbocycles. The van der Waals surface area contributed by atoms with Crippen molar-refractivity contribution in [3.05, 3.63) is 24.0 Å². The fraction of sp³-hybridized carbons (Fsp3) is 0.538. The second-order valence-corrected chi connectivity index (χ2v) is 4.67. The van der Waals surface area contributed by atoms with E-state index in [1.165, 1.54) is 12.5 Å². The Kier molecular flexibility index (Phi) is 4.15. The summed E-state index contributed by atoms with van der Waals surface area (Å²) < 4.78 is 5.45. The van der Waals surface area contributed by atoms with Crippen LogP contribution in [0.15, 0.2) is 18.3 Å². The number of pyridine rings is 1. The van der Waals surface area contributed by atoms with Crippen LogP contribution in [0.4, 0.5) is 5.69 Å². The number of ether oxygens (including phenoxy) is 1. The van der Waals surface area contributed by atoms with Crippen LogP contribution in [0.1, 0.15) is 23.3 Å². The third-order valence-electron chi connectivity index (χ3n) is 3.19. The van der Waals surface area contributed by atoms with Crippen molar-refractivity contribution in [2.24, 2.45) is 5.92 Å². The van der Waals surface area contributed by atoms with E-state index in [1.807, 2.05) is 7.05 Å². The van der Waals surface area contributed by atoms with Gasteiger partial charge in [0.2, 0.25) is 0 Å². The van der Waals surface area contributed by atoms with Gasteiger partial charge in [0, 0.05) is 20.2 Å². The van der Waals surface area contributed by atoms with Gasteiger partial charge >= 0.3 is 5.97 Å². The van der Waals surface area contributed by atoms with Crippen LogP contribution in [0.3, 0.4) is 0 Å². The smallest absolute Gasteiger partial charge is 0.354 e. The van der Waals surface area contributed by atoms with Gasteiger partial charge in [0.15, 0.2) is 0 Å². The van der Waals surface area contributed by atoms with E-state index in [1.54, 1.807) is 12.3 Å². The molecule has 5 nitrogen and oxygen atoms in total. The van der Waals surface area contributed by atoms with Crippen LogP contribution in [-0.4, -0.2) is 42.9 Å². The summed E-state index contributed by atoms with van der Waals surface area (Å²) in [6.45, 7) is 2.59. The molecule has 18 heavy (non-hydrogen) atoms. The van der Waals surface area contributed by atoms with Crippen LogP contribution in [-0.2, 0) is 4.74 Å². The van der Waals surface area contributed by atoms with E-state index in [0.717, 1.165) is 31.9 Å². The zero-order chi connectivity index (χ0) is 13.0. The SMILES string of the molecule is CN(CC1CCCOC1)c1ccc(C(=O)O)nc1. The third kappa shape index (κ3) is 3.20. The summed E-state index contributed by atoms with van der Waals surface area (Å²) >= 11 is 0. The normalized spacial score (nSPS) is 19.5. The third-order valence-corrected chi connectivity index (χ3v) is 3.19. The lowest BCUT2D eigenvalue weighted by Gasteiger charge is -2.28. The van der Waals surface area contributed by atoms with Crippen LogP contribution >= 0.6 is 0 Å². The lowest BCUT2D eigenvalue weighted by atomic mass is 10.0. The second kappa shape index (κ2) is 5.82. The molecule has 1 saturated heterocycles. The number of hydrogen-bond acceptors (Lipinski definition) is 4. The number of carboxylic acids is 1. The predicted molar refractivity (Wildman–Crippen MR) is 68.0 cm³/mol. The largest absolute Gasteiger partial charge is 0.477 e. The molecule has 1 aliphatic heterocycles. The Balaban J connectivity index is 1.95. The molecule has 1 aromatic heterocycles. The number of carbonyl (C=O) groups is 1. The predicted octanol–water partition coefficient (Wildman–Crippen LogP) is 1.64. The molecule has 0 spiro atoms. The first-order valence-corrected chi connectivity index (χ1v) is 6.15. The van der Waals surface area contributed by atoms with Gasteiger partial charge in [-0.2, -0.15) is 0 Å². The Morgan fingerprint density at radius 1 is 1.61 bits per heavy atom. The highest BCUT2D eigenvalue weighted by Crippen LogP contribution is 2.18. The molecular formula is C13H18N2O3. The van der Waals surface area contributed by atoms with E-state index < -0.39 is 5.97 Å². The number of rotatable bonds is 4. The lowest BCUT2D eigenvalue weighted by Crippen LogP contribution is -2.30. The lowest BCUT2D eigenvalue weighted by molar-refractivity contribution is 0.0576. The molecule has 1 N–H and O–H groups in total. The summed E-state index contributed by atoms with van der Waals surface area (Å²) in [5.41, 5.74) is 1.01. The first-order valence-electron chi connectivity index (χ1n) is 6.15. The Bertz CT molecular complexity index is 399. The van der Waals surface area contributed by atoms with Crippen LogP contribution in [0.25, 0.3) is 0 Å². The van der Waals surface area contributed by atoms with Gasteiger partial charge in [-0.3, -0.25) is 0 Å². The van der Waals surface area contributed by atoms with Crippen molar-refractivity contribution < 1.29 is 14.6 Å². The van der Waals surface area contributed by atoms with Gasteiger partial charge < -0.3 is 14.7 Å². The topological polar surface area (TPSA) is 62.7 Å². The number of anilines is 1. The maximum atomic E-state index is 10.7. The Morgan fingerprint density at radius 3 is 3.00 bits per heavy atom. The molecule has 0 radical (unpaired) electrons. The minimum Gasteiger partial charge on any atom is -0.477 e. The van der Waals surface area contributed by atoms with Gasteiger partial charge in [-0.1, -0.05) is 0 Å². The molecular weight excluding hydrogens is 232 g/mol. The van der Waals surface area contributed by atoms with Crippen molar-refractivity contribution >= 4 is 11.7 Å². The first kappa shape index (κ1) is 12.8. The Hall–Kier alpha value is -1.62. The fourth-order valence-electron chi connectivity index (χ4n) is 2.18. The van der Waals surface area contributed by atoms with Gasteiger partial charge in [-0.25, -0.2) is 9.78 Å². The molecule has 0 saturated carbocycles. The van der Waals surface area contributed by atoms with E-state index in [2.05, 4.69) is 9.88 Å². The zero-order valence-electron chi connectivity index (χ0n) is 10.5. The maximum absolute atomic E-state index is 10.7. The van der Waals surface area contributed by atoms with Crippen molar-refractivity contribution in [1.82, 2.24) is 4.98 Å². The summed E-state index contributed by atoms with van der Waals surface area (Å²) in [5, 5.41) is 8.78. The summed E-state index contributed by atoms with van der Waals surface area (Å²) in [5.74, 6) is -0.451. The molecule has 0 bridgehead atoms. The van der Waals surface area contributed by atoms with Crippen molar-refractivity contribution in [2.45, 2.75) is 12.8 Å². The molecule has 1 fully saturated rings. The molecule has 98 valence electrons. The molecule has 1 aliphatic rings. The summed E-state index contributed by atoms with van der Waals surface area (Å²) in [4.78, 5) is 16.7. The van der Waals surface area contributed by atoms with E-state index in [4.69, 9.17) is 9.84 Å². The van der Waals surface area contributed by atoms with Gasteiger partial charge in [-0.15, -0.1) is 0 Å². The number of aromatic nitrogens is 1. The molecule has 1 atom stereocenters. The zero-order valence-corrected chi connectivity index (χ0v) is 10.5. The van der Waals surface area contributed by atoms with E-state index >= 15 is 0 Å². The number of aromatic carboxylic acids is 1. The standard InChI is InChI=1S/C13H18N2O3/c1-15(8-10-3-2-6-18-9-10)11-4-5-12(13(16)17)14-7-11/h4-5,7,10H,2-3,6,8-9H2,1H3,(H,16,17). The molecule has 0 amide bonds. The average Bonchev–Trinajstić information content (AvgIpc) is 2.40. The van der Waals surface area contributed by atoms with Crippen LogP contribution in [0.5, 0.6) is 0 Å². The molecule has 0 aliphatic carbocycles. The molecule has 2 heterocycles. The highest BCUT2D eigenvalue weighted by atomic mass is 16.5. The summed E-state index contributed by atoms with van der Waals surface area (Å²) in [6, 6.07) is 3.33. The molecule has 1 unspecified atom stereocenters. The fourth-order valence-corrected chi connectivity index (χ4v) is 2.18. The summed E-state index contributed by atoms with van der Waals surface area (Å²) in [6.07, 6.45) is 3.91. The minimum atomic E-state index is -0.995. The first-order chi connectivity index (χ1) is 8.66. The van der Waals surface area contributed by atoms with Crippen molar-refractivity contribution in [2.75, 3.05) is 31.7 Å². The number of nitrogens with zero attached hydrogens (tertiary/aromatic N) is 2. The average molecular weight is 250 g/mol. The van der Waals surface area contributed by atoms with Crippen LogP contribution in [0, 0.1) is 5.92 Å². The second-order valence-electron chi connectivity index (χ2n) is 4.67. The monoisotopic (exact) mass is 250 g/mol. The Labute approximate surface area is 106 Å². The van der Waals surface area contributed by atoms with Gasteiger partial charge in [0.05, 0.1) is 18.5 Å². The quantitative estimate of drug-likeness (QED) is 0.880. The Morgan fingerprint density at radius 2 is 2.44 bits per heavy atom. The molecule has 1 aromatic rings. The maximum Gasteiger partial charge on any atom is 0.354 e. The van der Waals surface area contributed by atoms with Crippen molar-refractivity contribution in [3.63, 3.8) is 0 Å². The summed E-state index contributed by atoms with van der Waals surface area (Å²) in [7, 11) is 1.99. The molecule has 2 rings (SSSR count). The minimum absolute atomic E-state index is 0.0770. The van der Waals surface area contributed by atoms with Crippen LogP contribution < -0.4 is 4.90 Å². The van der Waals surface area contributed by atoms with Gasteiger partial charge in [0.1, 0.15) is 5.69 Å². The molecule has 5 heteroatoms. The highest BCUT2D eigenvalue weighted by molar-refractivity contribution is 5.85. The van der Waals surface area contributed by atoms with Gasteiger partial charge in [0.25, 0.3) is 0 Å².